The quantitative estimate of drug-likeness (QED) is 0.876. The Morgan fingerprint density at radius 3 is 2.50 bits per heavy atom. The zero-order chi connectivity index (χ0) is 14.6. The molecule has 3 N–H and O–H groups in total. The maximum atomic E-state index is 5.99. The smallest absolute Gasteiger partial charge is 0.130 e. The van der Waals surface area contributed by atoms with Crippen molar-refractivity contribution in [3.05, 3.63) is 53.5 Å². The Labute approximate surface area is 120 Å². The van der Waals surface area contributed by atoms with Gasteiger partial charge in [0, 0.05) is 18.3 Å². The molecule has 0 fully saturated rings. The van der Waals surface area contributed by atoms with Gasteiger partial charge < -0.3 is 11.1 Å². The predicted octanol–water partition coefficient (Wildman–Crippen LogP) is 2.63. The fraction of sp³-hybridized carbons (Fsp3) is 0.375. The highest BCUT2D eigenvalue weighted by atomic mass is 15.1. The Balaban J connectivity index is 2.33. The molecular formula is C16H22N4. The number of hydrogen-bond acceptors (Lipinski definition) is 4. The van der Waals surface area contributed by atoms with Crippen LogP contribution in [0.25, 0.3) is 0 Å². The fourth-order valence-electron chi connectivity index (χ4n) is 2.20. The molecule has 2 aromatic rings. The lowest BCUT2D eigenvalue weighted by atomic mass is 9.92. The minimum absolute atomic E-state index is 0.340. The molecule has 0 aliphatic heterocycles. The molecule has 1 heterocycles. The van der Waals surface area contributed by atoms with E-state index in [-0.39, 0.29) is 5.54 Å². The number of benzene rings is 1. The van der Waals surface area contributed by atoms with E-state index in [1.165, 1.54) is 0 Å². The molecule has 0 saturated heterocycles. The molecule has 2 rings (SSSR count). The van der Waals surface area contributed by atoms with Crippen molar-refractivity contribution in [2.45, 2.75) is 32.7 Å². The van der Waals surface area contributed by atoms with Crippen LogP contribution >= 0.6 is 0 Å². The van der Waals surface area contributed by atoms with Crippen molar-refractivity contribution in [1.82, 2.24) is 9.97 Å². The van der Waals surface area contributed by atoms with Gasteiger partial charge in [-0.1, -0.05) is 37.3 Å². The normalized spacial score (nSPS) is 13.8. The molecule has 0 bridgehead atoms. The van der Waals surface area contributed by atoms with Crippen molar-refractivity contribution in [1.29, 1.82) is 0 Å². The van der Waals surface area contributed by atoms with Crippen molar-refractivity contribution >= 4 is 5.82 Å². The third-order valence-corrected chi connectivity index (χ3v) is 3.48. The van der Waals surface area contributed by atoms with Gasteiger partial charge in [-0.25, -0.2) is 9.97 Å². The van der Waals surface area contributed by atoms with Crippen LogP contribution in [0.3, 0.4) is 0 Å². The highest BCUT2D eigenvalue weighted by molar-refractivity contribution is 5.43. The first-order chi connectivity index (χ1) is 9.57. The summed E-state index contributed by atoms with van der Waals surface area (Å²) in [7, 11) is 0. The molecule has 4 nitrogen and oxygen atoms in total. The number of aromatic nitrogens is 2. The van der Waals surface area contributed by atoms with Gasteiger partial charge in [0.15, 0.2) is 0 Å². The minimum atomic E-state index is -0.340. The maximum absolute atomic E-state index is 5.99. The van der Waals surface area contributed by atoms with E-state index in [0.29, 0.717) is 6.54 Å². The van der Waals surface area contributed by atoms with Crippen LogP contribution in [-0.2, 0) is 12.0 Å². The molecule has 0 aliphatic carbocycles. The first kappa shape index (κ1) is 14.5. The second-order valence-corrected chi connectivity index (χ2v) is 5.17. The van der Waals surface area contributed by atoms with Crippen LogP contribution in [0, 0.1) is 6.92 Å². The molecule has 106 valence electrons. The van der Waals surface area contributed by atoms with Crippen LogP contribution in [0.15, 0.2) is 36.4 Å². The zero-order valence-corrected chi connectivity index (χ0v) is 12.4. The summed E-state index contributed by atoms with van der Waals surface area (Å²) < 4.78 is 0. The highest BCUT2D eigenvalue weighted by Gasteiger charge is 2.25. The Morgan fingerprint density at radius 1 is 1.20 bits per heavy atom. The van der Waals surface area contributed by atoms with E-state index in [1.54, 1.807) is 0 Å². The molecule has 1 atom stereocenters. The zero-order valence-electron chi connectivity index (χ0n) is 12.4. The Morgan fingerprint density at radius 2 is 1.90 bits per heavy atom. The van der Waals surface area contributed by atoms with Gasteiger partial charge in [0.25, 0.3) is 0 Å². The molecule has 0 spiro atoms. The first-order valence-corrected chi connectivity index (χ1v) is 6.95. The number of anilines is 1. The third-order valence-electron chi connectivity index (χ3n) is 3.48. The Bertz CT molecular complexity index is 568. The van der Waals surface area contributed by atoms with Crippen LogP contribution < -0.4 is 11.1 Å². The second kappa shape index (κ2) is 6.01. The van der Waals surface area contributed by atoms with Gasteiger partial charge in [-0.2, -0.15) is 0 Å². The average molecular weight is 270 g/mol. The summed E-state index contributed by atoms with van der Waals surface area (Å²) in [4.78, 5) is 8.86. The van der Waals surface area contributed by atoms with Crippen molar-refractivity contribution in [3.8, 4) is 0 Å². The monoisotopic (exact) mass is 270 g/mol. The van der Waals surface area contributed by atoms with Crippen LogP contribution in [-0.4, -0.2) is 16.5 Å². The summed E-state index contributed by atoms with van der Waals surface area (Å²) in [5.74, 6) is 1.60. The number of hydrogen-bond donors (Lipinski definition) is 2. The Hall–Kier alpha value is -1.94. The number of nitrogens with two attached hydrogens (primary N) is 1. The van der Waals surface area contributed by atoms with E-state index in [2.05, 4.69) is 41.3 Å². The molecule has 0 saturated carbocycles. The van der Waals surface area contributed by atoms with Crippen LogP contribution in [0.1, 0.15) is 30.9 Å². The van der Waals surface area contributed by atoms with E-state index in [1.807, 2.05) is 31.2 Å². The lowest BCUT2D eigenvalue weighted by molar-refractivity contribution is 0.553. The summed E-state index contributed by atoms with van der Waals surface area (Å²) in [5, 5.41) is 3.46. The molecule has 1 aromatic heterocycles. The molecule has 4 heteroatoms. The lowest BCUT2D eigenvalue weighted by Gasteiger charge is -2.30. The van der Waals surface area contributed by atoms with E-state index in [4.69, 9.17) is 5.73 Å². The predicted molar refractivity (Wildman–Crippen MR) is 82.6 cm³/mol. The maximum Gasteiger partial charge on any atom is 0.130 e. The van der Waals surface area contributed by atoms with Crippen molar-refractivity contribution < 1.29 is 0 Å². The van der Waals surface area contributed by atoms with Gasteiger partial charge in [0.05, 0.1) is 5.54 Å². The topological polar surface area (TPSA) is 63.8 Å². The fourth-order valence-corrected chi connectivity index (χ4v) is 2.20. The van der Waals surface area contributed by atoms with Gasteiger partial charge in [-0.05, 0) is 25.8 Å². The van der Waals surface area contributed by atoms with E-state index >= 15 is 0 Å². The number of nitrogens with one attached hydrogen (secondary N) is 1. The summed E-state index contributed by atoms with van der Waals surface area (Å²) in [6, 6.07) is 12.2. The molecule has 0 amide bonds. The summed E-state index contributed by atoms with van der Waals surface area (Å²) >= 11 is 0. The van der Waals surface area contributed by atoms with Crippen LogP contribution in [0.2, 0.25) is 0 Å². The molecule has 0 aliphatic rings. The van der Waals surface area contributed by atoms with Crippen molar-refractivity contribution in [3.63, 3.8) is 0 Å². The number of rotatable bonds is 5. The summed E-state index contributed by atoms with van der Waals surface area (Å²) in [6.45, 7) is 6.57. The van der Waals surface area contributed by atoms with Crippen LogP contribution in [0.4, 0.5) is 5.82 Å². The van der Waals surface area contributed by atoms with Gasteiger partial charge in [-0.3, -0.25) is 0 Å². The lowest BCUT2D eigenvalue weighted by Crippen LogP contribution is -2.40. The van der Waals surface area contributed by atoms with Crippen molar-refractivity contribution in [2.75, 3.05) is 11.9 Å². The number of nitrogens with zero attached hydrogens (tertiary/aromatic N) is 2. The van der Waals surface area contributed by atoms with E-state index in [9.17, 15) is 0 Å². The van der Waals surface area contributed by atoms with Crippen molar-refractivity contribution in [2.24, 2.45) is 5.73 Å². The third kappa shape index (κ3) is 3.14. The van der Waals surface area contributed by atoms with Gasteiger partial charge >= 0.3 is 0 Å². The van der Waals surface area contributed by atoms with E-state index in [0.717, 1.165) is 29.3 Å². The minimum Gasteiger partial charge on any atom is -0.359 e. The second-order valence-electron chi connectivity index (χ2n) is 5.17. The molecule has 1 aromatic carbocycles. The summed E-state index contributed by atoms with van der Waals surface area (Å²) in [5.41, 5.74) is 7.83. The first-order valence-electron chi connectivity index (χ1n) is 6.95. The highest BCUT2D eigenvalue weighted by Crippen LogP contribution is 2.24. The average Bonchev–Trinajstić information content (AvgIpc) is 2.47. The molecule has 1 unspecified atom stereocenters. The van der Waals surface area contributed by atoms with Crippen LogP contribution in [0.5, 0.6) is 0 Å². The number of aryl methyl sites for hydroxylation is 2. The van der Waals surface area contributed by atoms with Gasteiger partial charge in [-0.15, -0.1) is 0 Å². The SMILES string of the molecule is CCc1cc(NC(C)(CN)c2ccccc2)nc(C)n1. The largest absolute Gasteiger partial charge is 0.359 e. The summed E-state index contributed by atoms with van der Waals surface area (Å²) in [6.07, 6.45) is 0.892. The van der Waals surface area contributed by atoms with Gasteiger partial charge in [0.1, 0.15) is 11.6 Å². The molecule has 0 radical (unpaired) electrons. The Kier molecular flexibility index (Phi) is 4.35. The van der Waals surface area contributed by atoms with E-state index < -0.39 is 0 Å². The van der Waals surface area contributed by atoms with Gasteiger partial charge in [0.2, 0.25) is 0 Å². The standard InChI is InChI=1S/C16H22N4/c1-4-14-10-15(19-12(2)18-14)20-16(3,11-17)13-8-6-5-7-9-13/h5-10H,4,11,17H2,1-3H3,(H,18,19,20). The molecular weight excluding hydrogens is 248 g/mol. The molecule has 20 heavy (non-hydrogen) atoms.